The van der Waals surface area contributed by atoms with E-state index in [0.29, 0.717) is 0 Å². The SMILES string of the molecule is CC(N)C(O)=S.NC(CC(=O)O)C(=O)O. The van der Waals surface area contributed by atoms with Crippen LogP contribution in [0.3, 0.4) is 0 Å². The molecule has 0 aromatic rings. The third-order valence-corrected chi connectivity index (χ3v) is 1.47. The number of rotatable bonds is 4. The smallest absolute Gasteiger partial charge is 0.321 e. The van der Waals surface area contributed by atoms with E-state index in [1.54, 1.807) is 6.92 Å². The van der Waals surface area contributed by atoms with Gasteiger partial charge in [0.25, 0.3) is 0 Å². The summed E-state index contributed by atoms with van der Waals surface area (Å²) in [6.45, 7) is 1.63. The molecule has 0 amide bonds. The predicted molar refractivity (Wildman–Crippen MR) is 56.7 cm³/mol. The minimum atomic E-state index is -1.29. The van der Waals surface area contributed by atoms with Crippen molar-refractivity contribution >= 4 is 29.2 Å². The number of carboxylic acids is 2. The molecular formula is C7H14N2O5S. The number of hydrogen-bond donors (Lipinski definition) is 5. The second-order valence-corrected chi connectivity index (χ2v) is 3.09. The van der Waals surface area contributed by atoms with E-state index in [9.17, 15) is 9.59 Å². The number of hydrogen-bond acceptors (Lipinski definition) is 5. The Bertz CT molecular complexity index is 244. The van der Waals surface area contributed by atoms with Gasteiger partial charge in [0.05, 0.1) is 12.5 Å². The van der Waals surface area contributed by atoms with E-state index in [2.05, 4.69) is 12.2 Å². The van der Waals surface area contributed by atoms with Gasteiger partial charge in [-0.05, 0) is 19.1 Å². The maximum absolute atomic E-state index is 9.85. The third-order valence-electron chi connectivity index (χ3n) is 1.10. The summed E-state index contributed by atoms with van der Waals surface area (Å²) in [4.78, 5) is 19.6. The Morgan fingerprint density at radius 3 is 1.67 bits per heavy atom. The zero-order chi connectivity index (χ0) is 12.6. The molecule has 0 radical (unpaired) electrons. The molecule has 88 valence electrons. The van der Waals surface area contributed by atoms with Gasteiger partial charge in [-0.25, -0.2) is 0 Å². The number of aliphatic hydroxyl groups excluding tert-OH is 1. The Morgan fingerprint density at radius 1 is 1.27 bits per heavy atom. The van der Waals surface area contributed by atoms with Crippen LogP contribution in [0.25, 0.3) is 0 Å². The van der Waals surface area contributed by atoms with Gasteiger partial charge in [-0.1, -0.05) is 0 Å². The van der Waals surface area contributed by atoms with Gasteiger partial charge >= 0.3 is 11.9 Å². The Morgan fingerprint density at radius 2 is 1.60 bits per heavy atom. The van der Waals surface area contributed by atoms with Gasteiger partial charge in [-0.15, -0.1) is 0 Å². The largest absolute Gasteiger partial charge is 0.501 e. The molecule has 7 nitrogen and oxygen atoms in total. The molecule has 0 saturated heterocycles. The first-order chi connectivity index (χ1) is 6.68. The van der Waals surface area contributed by atoms with Gasteiger partial charge in [0, 0.05) is 0 Å². The fourth-order valence-electron chi connectivity index (χ4n) is 0.275. The standard InChI is InChI=1S/C4H7NO4.C3H7NOS/c5-2(4(8)9)1-3(6)7;1-2(4)3(5)6/h2H,1,5H2,(H,6,7)(H,8,9);2H,4H2,1H3,(H,5,6). The lowest BCUT2D eigenvalue weighted by atomic mass is 10.2. The highest BCUT2D eigenvalue weighted by Gasteiger charge is 2.14. The maximum Gasteiger partial charge on any atom is 0.321 e. The van der Waals surface area contributed by atoms with Crippen molar-refractivity contribution in [3.05, 3.63) is 0 Å². The monoisotopic (exact) mass is 238 g/mol. The third kappa shape index (κ3) is 12.8. The molecule has 0 aromatic heterocycles. The quantitative estimate of drug-likeness (QED) is 0.395. The molecular weight excluding hydrogens is 224 g/mol. The lowest BCUT2D eigenvalue weighted by Crippen LogP contribution is -2.32. The molecule has 0 aromatic carbocycles. The fraction of sp³-hybridized carbons (Fsp3) is 0.571. The van der Waals surface area contributed by atoms with Crippen LogP contribution >= 0.6 is 12.2 Å². The summed E-state index contributed by atoms with van der Waals surface area (Å²) in [5.41, 5.74) is 9.88. The molecule has 0 heterocycles. The number of carbonyl (C=O) groups is 2. The van der Waals surface area contributed by atoms with Crippen molar-refractivity contribution in [2.24, 2.45) is 11.5 Å². The number of aliphatic carboxylic acids is 2. The molecule has 0 rings (SSSR count). The van der Waals surface area contributed by atoms with Gasteiger partial charge < -0.3 is 26.8 Å². The van der Waals surface area contributed by atoms with Gasteiger partial charge in [0.2, 0.25) is 0 Å². The lowest BCUT2D eigenvalue weighted by Gasteiger charge is -1.99. The number of carboxylic acid groups (broad SMARTS) is 2. The van der Waals surface area contributed by atoms with Crippen LogP contribution in [0, 0.1) is 0 Å². The minimum Gasteiger partial charge on any atom is -0.501 e. The van der Waals surface area contributed by atoms with Crippen LogP contribution in [0.5, 0.6) is 0 Å². The summed E-state index contributed by atoms with van der Waals surface area (Å²) in [6.07, 6.45) is -0.532. The van der Waals surface area contributed by atoms with Gasteiger partial charge in [0.1, 0.15) is 6.04 Å². The van der Waals surface area contributed by atoms with Crippen LogP contribution in [-0.2, 0) is 9.59 Å². The van der Waals surface area contributed by atoms with E-state index in [1.165, 1.54) is 0 Å². The highest BCUT2D eigenvalue weighted by atomic mass is 32.1. The molecule has 2 atom stereocenters. The summed E-state index contributed by atoms with van der Waals surface area (Å²) < 4.78 is 0. The van der Waals surface area contributed by atoms with Crippen molar-refractivity contribution in [1.82, 2.24) is 0 Å². The summed E-state index contributed by atoms with van der Waals surface area (Å²) in [6, 6.07) is -1.65. The van der Waals surface area contributed by atoms with Crippen LogP contribution in [0.1, 0.15) is 13.3 Å². The summed E-state index contributed by atoms with van der Waals surface area (Å²) in [5.74, 6) is -2.50. The van der Waals surface area contributed by atoms with E-state index in [0.717, 1.165) is 0 Å². The average molecular weight is 238 g/mol. The van der Waals surface area contributed by atoms with E-state index < -0.39 is 24.4 Å². The van der Waals surface area contributed by atoms with E-state index in [-0.39, 0.29) is 11.1 Å². The summed E-state index contributed by atoms with van der Waals surface area (Å²) in [5, 5.41) is 24.1. The van der Waals surface area contributed by atoms with Crippen LogP contribution in [0.15, 0.2) is 0 Å². The molecule has 0 spiro atoms. The zero-order valence-corrected chi connectivity index (χ0v) is 8.90. The summed E-state index contributed by atoms with van der Waals surface area (Å²) in [7, 11) is 0. The molecule has 0 bridgehead atoms. The van der Waals surface area contributed by atoms with Crippen molar-refractivity contribution in [3.8, 4) is 0 Å². The lowest BCUT2D eigenvalue weighted by molar-refractivity contribution is -0.144. The highest BCUT2D eigenvalue weighted by molar-refractivity contribution is 7.80. The normalized spacial score (nSPS) is 13.0. The molecule has 0 aliphatic rings. The van der Waals surface area contributed by atoms with Crippen molar-refractivity contribution in [3.63, 3.8) is 0 Å². The topological polar surface area (TPSA) is 147 Å². The predicted octanol–water partition coefficient (Wildman–Crippen LogP) is -0.908. The van der Waals surface area contributed by atoms with Crippen molar-refractivity contribution < 1.29 is 24.9 Å². The molecule has 0 fully saturated rings. The van der Waals surface area contributed by atoms with Crippen LogP contribution in [-0.4, -0.2) is 44.4 Å². The summed E-state index contributed by atoms with van der Waals surface area (Å²) >= 11 is 4.25. The molecule has 7 N–H and O–H groups in total. The van der Waals surface area contributed by atoms with Crippen molar-refractivity contribution in [2.45, 2.75) is 25.4 Å². The first-order valence-electron chi connectivity index (χ1n) is 3.87. The Labute approximate surface area is 91.7 Å². The molecule has 0 aliphatic carbocycles. The number of thiocarbonyl (C=S) groups is 1. The molecule has 2 unspecified atom stereocenters. The first-order valence-corrected chi connectivity index (χ1v) is 4.27. The number of aliphatic hydroxyl groups is 1. The number of nitrogens with two attached hydrogens (primary N) is 2. The first kappa shape index (κ1) is 16.2. The second kappa shape index (κ2) is 8.09. The Hall–Kier alpha value is -1.25. The van der Waals surface area contributed by atoms with E-state index >= 15 is 0 Å². The fourth-order valence-corrected chi connectivity index (χ4v) is 0.275. The van der Waals surface area contributed by atoms with E-state index in [4.69, 9.17) is 26.8 Å². The van der Waals surface area contributed by atoms with E-state index in [1.807, 2.05) is 0 Å². The van der Waals surface area contributed by atoms with Crippen LogP contribution < -0.4 is 11.5 Å². The Kier molecular flexibility index (Phi) is 8.73. The van der Waals surface area contributed by atoms with Crippen LogP contribution in [0.4, 0.5) is 0 Å². The van der Waals surface area contributed by atoms with Gasteiger partial charge in [-0.3, -0.25) is 9.59 Å². The van der Waals surface area contributed by atoms with Crippen LogP contribution in [0.2, 0.25) is 0 Å². The molecule has 8 heteroatoms. The van der Waals surface area contributed by atoms with Crippen molar-refractivity contribution in [1.29, 1.82) is 0 Å². The minimum absolute atomic E-state index is 0.130. The molecule has 0 saturated carbocycles. The van der Waals surface area contributed by atoms with Gasteiger partial charge in [-0.2, -0.15) is 0 Å². The van der Waals surface area contributed by atoms with Gasteiger partial charge in [0.15, 0.2) is 5.05 Å². The Balaban J connectivity index is 0. The maximum atomic E-state index is 9.85. The van der Waals surface area contributed by atoms with Crippen molar-refractivity contribution in [2.75, 3.05) is 0 Å². The highest BCUT2D eigenvalue weighted by Crippen LogP contribution is 1.86. The molecule has 0 aliphatic heterocycles. The second-order valence-electron chi connectivity index (χ2n) is 2.67. The zero-order valence-electron chi connectivity index (χ0n) is 8.08. The average Bonchev–Trinajstić information content (AvgIpc) is 2.03. The molecule has 15 heavy (non-hydrogen) atoms.